The number of nitrogens with zero attached hydrogens (tertiary/aromatic N) is 1. The first-order chi connectivity index (χ1) is 8.49. The zero-order valence-corrected chi connectivity index (χ0v) is 11.3. The summed E-state index contributed by atoms with van der Waals surface area (Å²) in [6.07, 6.45) is 1.37. The van der Waals surface area contributed by atoms with Crippen molar-refractivity contribution in [1.82, 2.24) is 4.98 Å². The highest BCUT2D eigenvalue weighted by atomic mass is 32.1. The van der Waals surface area contributed by atoms with Gasteiger partial charge in [-0.3, -0.25) is 0 Å². The van der Waals surface area contributed by atoms with Gasteiger partial charge in [-0.15, -0.1) is 0 Å². The Bertz CT molecular complexity index is 605. The average molecular weight is 262 g/mol. The Morgan fingerprint density at radius 3 is 2.61 bits per heavy atom. The van der Waals surface area contributed by atoms with E-state index in [0.29, 0.717) is 5.13 Å². The largest absolute Gasteiger partial charge is 0.477 e. The van der Waals surface area contributed by atoms with Crippen LogP contribution in [0.4, 0.5) is 10.8 Å². The molecule has 0 aliphatic heterocycles. The monoisotopic (exact) mass is 262 g/mol. The lowest BCUT2D eigenvalue weighted by molar-refractivity contribution is 0.0702. The van der Waals surface area contributed by atoms with Gasteiger partial charge in [0.2, 0.25) is 0 Å². The molecule has 0 atom stereocenters. The van der Waals surface area contributed by atoms with Crippen molar-refractivity contribution < 1.29 is 9.90 Å². The first-order valence-electron chi connectivity index (χ1n) is 5.52. The van der Waals surface area contributed by atoms with E-state index in [-0.39, 0.29) is 4.88 Å². The molecule has 0 unspecified atom stereocenters. The summed E-state index contributed by atoms with van der Waals surface area (Å²) in [5.74, 6) is -0.947. The molecule has 0 saturated carbocycles. The number of hydrogen-bond acceptors (Lipinski definition) is 4. The molecule has 0 bridgehead atoms. The fourth-order valence-electron chi connectivity index (χ4n) is 1.64. The van der Waals surface area contributed by atoms with E-state index in [9.17, 15) is 4.79 Å². The van der Waals surface area contributed by atoms with Crippen LogP contribution in [-0.4, -0.2) is 16.1 Å². The van der Waals surface area contributed by atoms with Crippen LogP contribution >= 0.6 is 11.3 Å². The number of carbonyl (C=O) groups is 1. The van der Waals surface area contributed by atoms with E-state index >= 15 is 0 Å². The van der Waals surface area contributed by atoms with Gasteiger partial charge in [0.25, 0.3) is 0 Å². The van der Waals surface area contributed by atoms with Crippen LogP contribution < -0.4 is 5.32 Å². The van der Waals surface area contributed by atoms with E-state index in [1.165, 1.54) is 17.3 Å². The topological polar surface area (TPSA) is 62.2 Å². The lowest BCUT2D eigenvalue weighted by Crippen LogP contribution is -1.95. The highest BCUT2D eigenvalue weighted by Crippen LogP contribution is 2.27. The lowest BCUT2D eigenvalue weighted by Gasteiger charge is -2.11. The van der Waals surface area contributed by atoms with E-state index < -0.39 is 5.97 Å². The quantitative estimate of drug-likeness (QED) is 0.888. The van der Waals surface area contributed by atoms with Gasteiger partial charge >= 0.3 is 5.97 Å². The molecule has 1 aromatic heterocycles. The predicted octanol–water partition coefficient (Wildman–Crippen LogP) is 3.51. The van der Waals surface area contributed by atoms with Crippen molar-refractivity contribution in [3.63, 3.8) is 0 Å². The van der Waals surface area contributed by atoms with Gasteiger partial charge in [-0.1, -0.05) is 17.4 Å². The number of thiazole rings is 1. The Labute approximate surface area is 109 Å². The number of aromatic carboxylic acids is 1. The third kappa shape index (κ3) is 2.36. The summed E-state index contributed by atoms with van der Waals surface area (Å²) in [6.45, 7) is 6.18. The first kappa shape index (κ1) is 12.6. The van der Waals surface area contributed by atoms with Crippen molar-refractivity contribution in [3.05, 3.63) is 39.9 Å². The van der Waals surface area contributed by atoms with Crippen LogP contribution in [0, 0.1) is 20.8 Å². The van der Waals surface area contributed by atoms with Gasteiger partial charge in [0, 0.05) is 5.69 Å². The highest BCUT2D eigenvalue weighted by Gasteiger charge is 2.10. The smallest absolute Gasteiger partial charge is 0.347 e. The van der Waals surface area contributed by atoms with Crippen molar-refractivity contribution in [1.29, 1.82) is 0 Å². The van der Waals surface area contributed by atoms with Gasteiger partial charge in [0.15, 0.2) is 5.13 Å². The van der Waals surface area contributed by atoms with Crippen molar-refractivity contribution in [3.8, 4) is 0 Å². The maximum absolute atomic E-state index is 10.8. The molecule has 0 aliphatic rings. The Balaban J connectivity index is 2.28. The Morgan fingerprint density at radius 1 is 1.28 bits per heavy atom. The van der Waals surface area contributed by atoms with Crippen LogP contribution in [0.15, 0.2) is 18.3 Å². The predicted molar refractivity (Wildman–Crippen MR) is 73.0 cm³/mol. The number of aromatic nitrogens is 1. The number of hydrogen-bond donors (Lipinski definition) is 2. The van der Waals surface area contributed by atoms with Crippen molar-refractivity contribution in [2.45, 2.75) is 20.8 Å². The fraction of sp³-hybridized carbons (Fsp3) is 0.231. The average Bonchev–Trinajstić information content (AvgIpc) is 2.79. The Kier molecular flexibility index (Phi) is 3.34. The Hall–Kier alpha value is -1.88. The van der Waals surface area contributed by atoms with Gasteiger partial charge in [0.1, 0.15) is 4.88 Å². The van der Waals surface area contributed by atoms with E-state index in [0.717, 1.165) is 22.6 Å². The minimum Gasteiger partial charge on any atom is -0.477 e. The molecule has 0 spiro atoms. The molecule has 2 aromatic rings. The summed E-state index contributed by atoms with van der Waals surface area (Å²) in [5, 5.41) is 12.6. The molecular weight excluding hydrogens is 248 g/mol. The number of carboxylic acid groups (broad SMARTS) is 1. The number of benzene rings is 1. The van der Waals surface area contributed by atoms with Crippen LogP contribution in [-0.2, 0) is 0 Å². The number of anilines is 2. The zero-order valence-electron chi connectivity index (χ0n) is 10.4. The maximum Gasteiger partial charge on any atom is 0.347 e. The molecule has 0 aliphatic carbocycles. The summed E-state index contributed by atoms with van der Waals surface area (Å²) in [4.78, 5) is 15.1. The van der Waals surface area contributed by atoms with E-state index in [4.69, 9.17) is 5.11 Å². The summed E-state index contributed by atoms with van der Waals surface area (Å²) in [5.41, 5.74) is 4.59. The molecule has 0 fully saturated rings. The van der Waals surface area contributed by atoms with Crippen LogP contribution in [0.2, 0.25) is 0 Å². The molecule has 0 saturated heterocycles. The molecule has 1 aromatic carbocycles. The minimum atomic E-state index is -0.947. The normalized spacial score (nSPS) is 10.4. The minimum absolute atomic E-state index is 0.235. The molecule has 2 rings (SSSR count). The molecule has 18 heavy (non-hydrogen) atoms. The zero-order chi connectivity index (χ0) is 13.3. The van der Waals surface area contributed by atoms with E-state index in [1.807, 2.05) is 19.1 Å². The van der Waals surface area contributed by atoms with Crippen molar-refractivity contribution in [2.24, 2.45) is 0 Å². The van der Waals surface area contributed by atoms with Gasteiger partial charge in [-0.2, -0.15) is 0 Å². The van der Waals surface area contributed by atoms with Crippen LogP contribution in [0.25, 0.3) is 0 Å². The summed E-state index contributed by atoms with van der Waals surface area (Å²) >= 11 is 1.13. The van der Waals surface area contributed by atoms with Gasteiger partial charge < -0.3 is 10.4 Å². The fourth-order valence-corrected chi connectivity index (χ4v) is 2.30. The number of carboxylic acids is 1. The van der Waals surface area contributed by atoms with Gasteiger partial charge in [0.05, 0.1) is 6.20 Å². The van der Waals surface area contributed by atoms with Gasteiger partial charge in [-0.05, 0) is 43.5 Å². The second kappa shape index (κ2) is 4.78. The third-order valence-corrected chi connectivity index (χ3v) is 3.92. The standard InChI is InChI=1S/C13H14N2O2S/c1-7-4-5-10(9(3)8(7)2)15-13-14-6-11(18-13)12(16)17/h4-6H,1-3H3,(H,14,15)(H,16,17). The molecule has 5 heteroatoms. The first-order valence-corrected chi connectivity index (χ1v) is 6.33. The van der Waals surface area contributed by atoms with Crippen LogP contribution in [0.1, 0.15) is 26.4 Å². The molecule has 2 N–H and O–H groups in total. The van der Waals surface area contributed by atoms with Gasteiger partial charge in [-0.25, -0.2) is 9.78 Å². The number of rotatable bonds is 3. The highest BCUT2D eigenvalue weighted by molar-refractivity contribution is 7.17. The van der Waals surface area contributed by atoms with Crippen molar-refractivity contribution >= 4 is 28.1 Å². The van der Waals surface area contributed by atoms with E-state index in [1.54, 1.807) is 0 Å². The molecule has 0 amide bonds. The summed E-state index contributed by atoms with van der Waals surface area (Å²) in [7, 11) is 0. The number of nitrogens with one attached hydrogen (secondary N) is 1. The number of aryl methyl sites for hydroxylation is 1. The Morgan fingerprint density at radius 2 is 2.00 bits per heavy atom. The third-order valence-electron chi connectivity index (χ3n) is 3.02. The molecule has 0 radical (unpaired) electrons. The molecular formula is C13H14N2O2S. The van der Waals surface area contributed by atoms with Crippen LogP contribution in [0.3, 0.4) is 0 Å². The second-order valence-corrected chi connectivity index (χ2v) is 5.17. The van der Waals surface area contributed by atoms with Crippen LogP contribution in [0.5, 0.6) is 0 Å². The second-order valence-electron chi connectivity index (χ2n) is 4.14. The maximum atomic E-state index is 10.8. The molecule has 4 nitrogen and oxygen atoms in total. The summed E-state index contributed by atoms with van der Waals surface area (Å²) < 4.78 is 0. The lowest BCUT2D eigenvalue weighted by atomic mass is 10.0. The van der Waals surface area contributed by atoms with Crippen molar-refractivity contribution in [2.75, 3.05) is 5.32 Å². The molecule has 94 valence electrons. The SMILES string of the molecule is Cc1ccc(Nc2ncc(C(=O)O)s2)c(C)c1C. The summed E-state index contributed by atoms with van der Waals surface area (Å²) in [6, 6.07) is 4.02. The van der Waals surface area contributed by atoms with E-state index in [2.05, 4.69) is 24.1 Å². The molecule has 1 heterocycles.